The standard InChI is InChI=1S/C18H15Cl3N2O2/c19-18(20,21)17(22-11-13-7-4-10-25-13)23-16(24)15-9-3-6-12-5-1-2-8-14(12)15/h1-10,17,22H,11H2,(H,23,24). The fourth-order valence-electron chi connectivity index (χ4n) is 2.50. The highest BCUT2D eigenvalue weighted by molar-refractivity contribution is 6.68. The van der Waals surface area contributed by atoms with Gasteiger partial charge in [-0.2, -0.15) is 0 Å². The highest BCUT2D eigenvalue weighted by Crippen LogP contribution is 2.30. The molecule has 25 heavy (non-hydrogen) atoms. The zero-order valence-corrected chi connectivity index (χ0v) is 15.3. The minimum Gasteiger partial charge on any atom is -0.468 e. The molecule has 0 spiro atoms. The number of benzene rings is 2. The summed E-state index contributed by atoms with van der Waals surface area (Å²) in [5, 5.41) is 7.52. The molecule has 3 aromatic rings. The Morgan fingerprint density at radius 1 is 1.04 bits per heavy atom. The number of fused-ring (bicyclic) bond motifs is 1. The molecule has 1 heterocycles. The van der Waals surface area contributed by atoms with Crippen molar-refractivity contribution in [3.05, 3.63) is 72.2 Å². The van der Waals surface area contributed by atoms with Crippen LogP contribution in [0, 0.1) is 0 Å². The lowest BCUT2D eigenvalue weighted by atomic mass is 10.0. The van der Waals surface area contributed by atoms with E-state index in [9.17, 15) is 4.79 Å². The number of furan rings is 1. The van der Waals surface area contributed by atoms with Crippen molar-refractivity contribution in [2.45, 2.75) is 16.5 Å². The Kier molecular flexibility index (Phi) is 5.54. The van der Waals surface area contributed by atoms with Crippen LogP contribution in [0.5, 0.6) is 0 Å². The van der Waals surface area contributed by atoms with Gasteiger partial charge in [0.05, 0.1) is 12.8 Å². The molecular weight excluding hydrogens is 383 g/mol. The average Bonchev–Trinajstić information content (AvgIpc) is 3.10. The van der Waals surface area contributed by atoms with Gasteiger partial charge >= 0.3 is 0 Å². The number of alkyl halides is 3. The van der Waals surface area contributed by atoms with Gasteiger partial charge in [-0.15, -0.1) is 0 Å². The summed E-state index contributed by atoms with van der Waals surface area (Å²) in [7, 11) is 0. The third-order valence-corrected chi connectivity index (χ3v) is 4.35. The third kappa shape index (κ3) is 4.47. The monoisotopic (exact) mass is 396 g/mol. The highest BCUT2D eigenvalue weighted by atomic mass is 35.6. The lowest BCUT2D eigenvalue weighted by Gasteiger charge is -2.26. The molecule has 2 aromatic carbocycles. The third-order valence-electron chi connectivity index (χ3n) is 3.70. The Bertz CT molecular complexity index is 855. The van der Waals surface area contributed by atoms with Crippen LogP contribution in [0.25, 0.3) is 10.8 Å². The van der Waals surface area contributed by atoms with Gasteiger partial charge in [0.15, 0.2) is 0 Å². The SMILES string of the molecule is O=C(NC(NCc1ccco1)C(Cl)(Cl)Cl)c1cccc2ccccc12. The van der Waals surface area contributed by atoms with E-state index in [4.69, 9.17) is 39.2 Å². The summed E-state index contributed by atoms with van der Waals surface area (Å²) in [6, 6.07) is 16.6. The maximum Gasteiger partial charge on any atom is 0.253 e. The maximum absolute atomic E-state index is 12.7. The number of rotatable bonds is 5. The molecule has 1 amide bonds. The minimum absolute atomic E-state index is 0.307. The van der Waals surface area contributed by atoms with Gasteiger partial charge < -0.3 is 9.73 Å². The van der Waals surface area contributed by atoms with E-state index in [-0.39, 0.29) is 5.91 Å². The van der Waals surface area contributed by atoms with Gasteiger partial charge in [0.25, 0.3) is 5.91 Å². The van der Waals surface area contributed by atoms with Crippen molar-refractivity contribution in [1.82, 2.24) is 10.6 Å². The second-order valence-electron chi connectivity index (χ2n) is 5.44. The number of halogens is 3. The summed E-state index contributed by atoms with van der Waals surface area (Å²) in [5.41, 5.74) is 0.511. The second-order valence-corrected chi connectivity index (χ2v) is 7.80. The number of amides is 1. The Morgan fingerprint density at radius 2 is 1.80 bits per heavy atom. The Hall–Kier alpha value is -1.72. The van der Waals surface area contributed by atoms with Crippen LogP contribution in [0.15, 0.2) is 65.3 Å². The van der Waals surface area contributed by atoms with Crippen LogP contribution in [0.3, 0.4) is 0 Å². The summed E-state index contributed by atoms with van der Waals surface area (Å²) < 4.78 is 3.51. The first-order valence-corrected chi connectivity index (χ1v) is 8.69. The van der Waals surface area contributed by atoms with Crippen molar-refractivity contribution in [3.8, 4) is 0 Å². The van der Waals surface area contributed by atoms with E-state index in [1.807, 2.05) is 36.4 Å². The molecule has 2 N–H and O–H groups in total. The van der Waals surface area contributed by atoms with Crippen molar-refractivity contribution in [1.29, 1.82) is 0 Å². The molecule has 1 aromatic heterocycles. The van der Waals surface area contributed by atoms with Crippen molar-refractivity contribution >= 4 is 51.5 Å². The van der Waals surface area contributed by atoms with E-state index in [0.717, 1.165) is 10.8 Å². The van der Waals surface area contributed by atoms with Gasteiger partial charge in [-0.1, -0.05) is 71.2 Å². The Balaban J connectivity index is 1.79. The molecule has 0 saturated heterocycles. The molecule has 0 fully saturated rings. The van der Waals surface area contributed by atoms with Crippen molar-refractivity contribution in [2.24, 2.45) is 0 Å². The molecule has 0 saturated carbocycles. The van der Waals surface area contributed by atoms with E-state index >= 15 is 0 Å². The summed E-state index contributed by atoms with van der Waals surface area (Å²) in [6.07, 6.45) is 0.657. The van der Waals surface area contributed by atoms with Crippen LogP contribution >= 0.6 is 34.8 Å². The van der Waals surface area contributed by atoms with Crippen LogP contribution in [0.1, 0.15) is 16.1 Å². The smallest absolute Gasteiger partial charge is 0.253 e. The van der Waals surface area contributed by atoms with Crippen molar-refractivity contribution in [3.63, 3.8) is 0 Å². The first-order valence-electron chi connectivity index (χ1n) is 7.56. The largest absolute Gasteiger partial charge is 0.468 e. The van der Waals surface area contributed by atoms with Crippen molar-refractivity contribution in [2.75, 3.05) is 0 Å². The van der Waals surface area contributed by atoms with E-state index < -0.39 is 9.96 Å². The predicted molar refractivity (Wildman–Crippen MR) is 101 cm³/mol. The zero-order chi connectivity index (χ0) is 17.9. The van der Waals surface area contributed by atoms with Crippen molar-refractivity contribution < 1.29 is 9.21 Å². The normalized spacial score (nSPS) is 12.9. The first kappa shape index (κ1) is 18.1. The van der Waals surface area contributed by atoms with Crippen LogP contribution in [-0.2, 0) is 6.54 Å². The zero-order valence-electron chi connectivity index (χ0n) is 13.0. The Labute approximate surface area is 160 Å². The summed E-state index contributed by atoms with van der Waals surface area (Å²) in [4.78, 5) is 12.7. The fraction of sp³-hybridized carbons (Fsp3) is 0.167. The van der Waals surface area contributed by atoms with Crippen LogP contribution in [0.4, 0.5) is 0 Å². The molecule has 4 nitrogen and oxygen atoms in total. The van der Waals surface area contributed by atoms with Crippen LogP contribution in [0.2, 0.25) is 0 Å². The lowest BCUT2D eigenvalue weighted by Crippen LogP contribution is -2.53. The molecule has 0 aliphatic carbocycles. The Morgan fingerprint density at radius 3 is 2.52 bits per heavy atom. The molecule has 3 rings (SSSR count). The molecule has 1 unspecified atom stereocenters. The molecule has 0 aliphatic heterocycles. The van der Waals surface area contributed by atoms with Gasteiger partial charge in [0.1, 0.15) is 11.9 Å². The molecule has 0 radical (unpaired) electrons. The highest BCUT2D eigenvalue weighted by Gasteiger charge is 2.34. The molecule has 130 valence electrons. The van der Waals surface area contributed by atoms with E-state index in [0.29, 0.717) is 17.9 Å². The van der Waals surface area contributed by atoms with Gasteiger partial charge in [0.2, 0.25) is 3.79 Å². The minimum atomic E-state index is -1.73. The maximum atomic E-state index is 12.7. The fourth-order valence-corrected chi connectivity index (χ4v) is 2.89. The quantitative estimate of drug-likeness (QED) is 0.487. The first-order chi connectivity index (χ1) is 11.9. The van der Waals surface area contributed by atoms with E-state index in [1.165, 1.54) is 0 Å². The second kappa shape index (κ2) is 7.67. The molecule has 1 atom stereocenters. The topological polar surface area (TPSA) is 54.3 Å². The molecule has 0 bridgehead atoms. The molecular formula is C18H15Cl3N2O2. The van der Waals surface area contributed by atoms with Crippen LogP contribution in [-0.4, -0.2) is 15.9 Å². The molecule has 7 heteroatoms. The number of carbonyl (C=O) groups is 1. The number of carbonyl (C=O) groups excluding carboxylic acids is 1. The van der Waals surface area contributed by atoms with E-state index in [2.05, 4.69) is 10.6 Å². The number of nitrogens with one attached hydrogen (secondary N) is 2. The number of hydrogen-bond acceptors (Lipinski definition) is 3. The molecule has 0 aliphatic rings. The van der Waals surface area contributed by atoms with E-state index in [1.54, 1.807) is 24.5 Å². The van der Waals surface area contributed by atoms with Gasteiger partial charge in [-0.05, 0) is 29.0 Å². The van der Waals surface area contributed by atoms with Gasteiger partial charge in [-0.25, -0.2) is 0 Å². The lowest BCUT2D eigenvalue weighted by molar-refractivity contribution is 0.0930. The predicted octanol–water partition coefficient (Wildman–Crippen LogP) is 4.65. The average molecular weight is 398 g/mol. The summed E-state index contributed by atoms with van der Waals surface area (Å²) in [5.74, 6) is 0.332. The number of hydrogen-bond donors (Lipinski definition) is 2. The van der Waals surface area contributed by atoms with Gasteiger partial charge in [-0.3, -0.25) is 10.1 Å². The van der Waals surface area contributed by atoms with Crippen LogP contribution < -0.4 is 10.6 Å². The van der Waals surface area contributed by atoms with Gasteiger partial charge in [0, 0.05) is 5.56 Å². The summed E-state index contributed by atoms with van der Waals surface area (Å²) >= 11 is 18.0. The summed E-state index contributed by atoms with van der Waals surface area (Å²) in [6.45, 7) is 0.307.